The summed E-state index contributed by atoms with van der Waals surface area (Å²) < 4.78 is 7.88. The van der Waals surface area contributed by atoms with Gasteiger partial charge in [0.1, 0.15) is 18.1 Å². The average molecular weight is 334 g/mol. The van der Waals surface area contributed by atoms with Crippen molar-refractivity contribution >= 4 is 6.29 Å². The largest absolute Gasteiger partial charge is 0.489 e. The quantitative estimate of drug-likeness (QED) is 0.633. The molecule has 0 bridgehead atoms. The van der Waals surface area contributed by atoms with Crippen LogP contribution in [0.25, 0.3) is 0 Å². The van der Waals surface area contributed by atoms with Crippen molar-refractivity contribution in [1.29, 1.82) is 0 Å². The minimum atomic E-state index is 0.451. The van der Waals surface area contributed by atoms with Gasteiger partial charge in [0.15, 0.2) is 6.29 Å². The number of carbonyl (C=O) groups is 1. The van der Waals surface area contributed by atoms with Crippen molar-refractivity contribution in [3.05, 3.63) is 82.2 Å². The molecule has 4 heteroatoms. The molecule has 0 spiro atoms. The summed E-state index contributed by atoms with van der Waals surface area (Å²) in [6, 6.07) is 16.3. The highest BCUT2D eigenvalue weighted by atomic mass is 16.5. The summed E-state index contributed by atoms with van der Waals surface area (Å²) >= 11 is 0. The first-order valence-electron chi connectivity index (χ1n) is 8.32. The highest BCUT2D eigenvalue weighted by Crippen LogP contribution is 2.23. The molecule has 3 aromatic rings. The second kappa shape index (κ2) is 7.34. The van der Waals surface area contributed by atoms with Crippen molar-refractivity contribution in [1.82, 2.24) is 9.78 Å². The van der Waals surface area contributed by atoms with Gasteiger partial charge in [-0.1, -0.05) is 47.5 Å². The molecule has 1 heterocycles. The molecule has 1 aromatic heterocycles. The molecular formula is C21H22N2O2. The lowest BCUT2D eigenvalue weighted by molar-refractivity contribution is 0.111. The summed E-state index contributed by atoms with van der Waals surface area (Å²) in [5.74, 6) is 0.841. The minimum absolute atomic E-state index is 0.451. The Kier molecular flexibility index (Phi) is 4.98. The van der Waals surface area contributed by atoms with E-state index >= 15 is 0 Å². The molecule has 0 radical (unpaired) electrons. The van der Waals surface area contributed by atoms with E-state index < -0.39 is 0 Å². The maximum atomic E-state index is 10.9. The maximum absolute atomic E-state index is 10.9. The topological polar surface area (TPSA) is 44.1 Å². The molecule has 0 aliphatic carbocycles. The zero-order valence-electron chi connectivity index (χ0n) is 14.8. The molecule has 0 atom stereocenters. The van der Waals surface area contributed by atoms with Crippen LogP contribution in [0.4, 0.5) is 0 Å². The van der Waals surface area contributed by atoms with Crippen LogP contribution in [-0.4, -0.2) is 16.1 Å². The first-order valence-corrected chi connectivity index (χ1v) is 8.32. The van der Waals surface area contributed by atoms with Gasteiger partial charge in [-0.25, -0.2) is 0 Å². The average Bonchev–Trinajstić information content (AvgIpc) is 2.96. The van der Waals surface area contributed by atoms with E-state index in [1.165, 1.54) is 5.56 Å². The molecule has 2 aromatic carbocycles. The third-order valence-electron chi connectivity index (χ3n) is 4.17. The van der Waals surface area contributed by atoms with Gasteiger partial charge in [-0.05, 0) is 38.5 Å². The zero-order valence-corrected chi connectivity index (χ0v) is 14.8. The van der Waals surface area contributed by atoms with Crippen LogP contribution in [0.3, 0.4) is 0 Å². The fourth-order valence-corrected chi connectivity index (χ4v) is 2.73. The lowest BCUT2D eigenvalue weighted by atomic mass is 10.1. The van der Waals surface area contributed by atoms with Crippen LogP contribution < -0.4 is 4.74 Å². The van der Waals surface area contributed by atoms with Crippen molar-refractivity contribution < 1.29 is 9.53 Å². The Balaban J connectivity index is 1.81. The molecule has 0 aliphatic rings. The van der Waals surface area contributed by atoms with Crippen LogP contribution in [-0.2, 0) is 13.2 Å². The molecule has 3 rings (SSSR count). The number of benzene rings is 2. The molecule has 0 amide bonds. The van der Waals surface area contributed by atoms with Gasteiger partial charge in [0, 0.05) is 11.3 Å². The maximum Gasteiger partial charge on any atom is 0.170 e. The Labute approximate surface area is 148 Å². The Morgan fingerprint density at radius 3 is 2.40 bits per heavy atom. The number of aryl methyl sites for hydroxylation is 3. The van der Waals surface area contributed by atoms with E-state index in [0.29, 0.717) is 18.8 Å². The molecule has 0 aliphatic heterocycles. The number of aromatic nitrogens is 2. The Morgan fingerprint density at radius 2 is 1.72 bits per heavy atom. The monoisotopic (exact) mass is 334 g/mol. The van der Waals surface area contributed by atoms with Crippen molar-refractivity contribution in [2.75, 3.05) is 0 Å². The summed E-state index contributed by atoms with van der Waals surface area (Å²) in [5.41, 5.74) is 5.99. The second-order valence-electron chi connectivity index (χ2n) is 6.37. The van der Waals surface area contributed by atoms with E-state index in [0.717, 1.165) is 34.4 Å². The normalized spacial score (nSPS) is 10.7. The third kappa shape index (κ3) is 4.15. The number of ether oxygens (including phenoxy) is 1. The number of aldehydes is 1. The summed E-state index contributed by atoms with van der Waals surface area (Å²) in [4.78, 5) is 10.9. The van der Waals surface area contributed by atoms with Gasteiger partial charge in [0.25, 0.3) is 0 Å². The van der Waals surface area contributed by atoms with Crippen LogP contribution >= 0.6 is 0 Å². The molecule has 25 heavy (non-hydrogen) atoms. The Hall–Kier alpha value is -2.88. The smallest absolute Gasteiger partial charge is 0.170 e. The molecule has 128 valence electrons. The van der Waals surface area contributed by atoms with E-state index in [9.17, 15) is 4.79 Å². The summed E-state index contributed by atoms with van der Waals surface area (Å²) in [5, 5.41) is 4.32. The second-order valence-corrected chi connectivity index (χ2v) is 6.37. The van der Waals surface area contributed by atoms with E-state index in [-0.39, 0.29) is 0 Å². The molecule has 0 unspecified atom stereocenters. The van der Waals surface area contributed by atoms with E-state index in [4.69, 9.17) is 4.74 Å². The predicted octanol–water partition coefficient (Wildman–Crippen LogP) is 4.25. The minimum Gasteiger partial charge on any atom is -0.489 e. The SMILES string of the molecule is Cc1ccc(COc2ccc(C)cc2Cn2nc(C=O)cc2C)cc1. The van der Waals surface area contributed by atoms with Crippen LogP contribution in [0.1, 0.15) is 38.4 Å². The van der Waals surface area contributed by atoms with Crippen LogP contribution in [0.2, 0.25) is 0 Å². The van der Waals surface area contributed by atoms with Crippen molar-refractivity contribution in [2.24, 2.45) is 0 Å². The number of hydrogen-bond donors (Lipinski definition) is 0. The fraction of sp³-hybridized carbons (Fsp3) is 0.238. The van der Waals surface area contributed by atoms with Crippen molar-refractivity contribution in [3.63, 3.8) is 0 Å². The van der Waals surface area contributed by atoms with Gasteiger partial charge >= 0.3 is 0 Å². The Bertz CT molecular complexity index is 879. The fourth-order valence-electron chi connectivity index (χ4n) is 2.73. The summed E-state index contributed by atoms with van der Waals surface area (Å²) in [6.07, 6.45) is 0.772. The van der Waals surface area contributed by atoms with Crippen LogP contribution in [0, 0.1) is 20.8 Å². The molecule has 0 N–H and O–H groups in total. The number of rotatable bonds is 6. The lowest BCUT2D eigenvalue weighted by Gasteiger charge is -2.14. The number of hydrogen-bond acceptors (Lipinski definition) is 3. The molecule has 4 nitrogen and oxygen atoms in total. The highest BCUT2D eigenvalue weighted by Gasteiger charge is 2.09. The van der Waals surface area contributed by atoms with Gasteiger partial charge in [-0.3, -0.25) is 9.48 Å². The standard InChI is InChI=1S/C21H22N2O2/c1-15-4-7-18(8-5-15)14-25-21-9-6-16(2)10-19(21)12-23-17(3)11-20(13-24)22-23/h4-11,13H,12,14H2,1-3H3. The third-order valence-corrected chi connectivity index (χ3v) is 4.17. The first-order chi connectivity index (χ1) is 12.0. The van der Waals surface area contributed by atoms with Crippen LogP contribution in [0.15, 0.2) is 48.5 Å². The predicted molar refractivity (Wildman–Crippen MR) is 98.1 cm³/mol. The number of carbonyl (C=O) groups excluding carboxylic acids is 1. The van der Waals surface area contributed by atoms with Gasteiger partial charge < -0.3 is 4.74 Å². The lowest BCUT2D eigenvalue weighted by Crippen LogP contribution is -2.07. The summed E-state index contributed by atoms with van der Waals surface area (Å²) in [6.45, 7) is 7.17. The van der Waals surface area contributed by atoms with Gasteiger partial charge in [0.05, 0.1) is 6.54 Å². The molecule has 0 fully saturated rings. The van der Waals surface area contributed by atoms with Crippen molar-refractivity contribution in [3.8, 4) is 5.75 Å². The first kappa shape index (κ1) is 17.0. The number of nitrogens with zero attached hydrogens (tertiary/aromatic N) is 2. The highest BCUT2D eigenvalue weighted by molar-refractivity contribution is 5.71. The van der Waals surface area contributed by atoms with E-state index in [1.807, 2.05) is 23.7 Å². The zero-order chi connectivity index (χ0) is 17.8. The molecule has 0 saturated heterocycles. The molecular weight excluding hydrogens is 312 g/mol. The van der Waals surface area contributed by atoms with Gasteiger partial charge in [-0.2, -0.15) is 5.10 Å². The van der Waals surface area contributed by atoms with Gasteiger partial charge in [-0.15, -0.1) is 0 Å². The Morgan fingerprint density at radius 1 is 1.00 bits per heavy atom. The van der Waals surface area contributed by atoms with Crippen molar-refractivity contribution in [2.45, 2.75) is 33.9 Å². The molecule has 0 saturated carbocycles. The van der Waals surface area contributed by atoms with Gasteiger partial charge in [0.2, 0.25) is 0 Å². The summed E-state index contributed by atoms with van der Waals surface area (Å²) in [7, 11) is 0. The van der Waals surface area contributed by atoms with E-state index in [2.05, 4.69) is 49.3 Å². The van der Waals surface area contributed by atoms with Crippen LogP contribution in [0.5, 0.6) is 5.75 Å². The van der Waals surface area contributed by atoms with E-state index in [1.54, 1.807) is 6.07 Å².